The third kappa shape index (κ3) is 5.95. The van der Waals surface area contributed by atoms with E-state index >= 15 is 0 Å². The van der Waals surface area contributed by atoms with Gasteiger partial charge in [-0.1, -0.05) is 67.4 Å². The van der Waals surface area contributed by atoms with E-state index in [0.29, 0.717) is 29.5 Å². The summed E-state index contributed by atoms with van der Waals surface area (Å²) in [6.07, 6.45) is 0. The molecule has 1 unspecified atom stereocenters. The second-order valence-electron chi connectivity index (χ2n) is 8.12. The molecular formula is C26H33ClN4O2. The van der Waals surface area contributed by atoms with Gasteiger partial charge in [0.25, 0.3) is 5.91 Å². The summed E-state index contributed by atoms with van der Waals surface area (Å²) in [4.78, 5) is 15.5. The minimum Gasteiger partial charge on any atom is -0.497 e. The van der Waals surface area contributed by atoms with Crippen LogP contribution in [-0.4, -0.2) is 47.3 Å². The van der Waals surface area contributed by atoms with Gasteiger partial charge in [0.1, 0.15) is 10.9 Å². The van der Waals surface area contributed by atoms with Gasteiger partial charge in [0.05, 0.1) is 31.0 Å². The maximum atomic E-state index is 13.2. The highest BCUT2D eigenvalue weighted by Gasteiger charge is 2.24. The van der Waals surface area contributed by atoms with Crippen molar-refractivity contribution in [3.63, 3.8) is 0 Å². The molecule has 0 fully saturated rings. The zero-order valence-corrected chi connectivity index (χ0v) is 20.8. The highest BCUT2D eigenvalue weighted by atomic mass is 35.5. The number of hydrogen-bond acceptors (Lipinski definition) is 4. The van der Waals surface area contributed by atoms with Gasteiger partial charge in [0.2, 0.25) is 0 Å². The zero-order chi connectivity index (χ0) is 24.0. The van der Waals surface area contributed by atoms with Crippen molar-refractivity contribution in [1.82, 2.24) is 20.0 Å². The molecule has 1 aromatic heterocycles. The summed E-state index contributed by atoms with van der Waals surface area (Å²) in [5.74, 6) is 0.583. The number of aryl methyl sites for hydroxylation is 2. The van der Waals surface area contributed by atoms with Crippen LogP contribution >= 0.6 is 11.6 Å². The predicted octanol–water partition coefficient (Wildman–Crippen LogP) is 5.02. The lowest BCUT2D eigenvalue weighted by Crippen LogP contribution is -2.38. The molecule has 2 aromatic carbocycles. The summed E-state index contributed by atoms with van der Waals surface area (Å²) in [6.45, 7) is 10.8. The number of benzene rings is 2. The lowest BCUT2D eigenvalue weighted by atomic mass is 10.0. The molecule has 0 saturated carbocycles. The average Bonchev–Trinajstić information content (AvgIpc) is 3.10. The SMILES string of the molecule is CCN(CC)C(CNC(=O)c1c(C)nn(Cc2ccc(C)cc2)c1Cl)c1cccc(OC)c1. The summed E-state index contributed by atoms with van der Waals surface area (Å²) in [7, 11) is 1.66. The molecule has 0 radical (unpaired) electrons. The monoisotopic (exact) mass is 468 g/mol. The first-order valence-corrected chi connectivity index (χ1v) is 11.7. The van der Waals surface area contributed by atoms with Crippen LogP contribution in [0.2, 0.25) is 5.15 Å². The molecule has 0 aliphatic rings. The highest BCUT2D eigenvalue weighted by Crippen LogP contribution is 2.25. The molecule has 6 nitrogen and oxygen atoms in total. The fourth-order valence-corrected chi connectivity index (χ4v) is 4.35. The van der Waals surface area contributed by atoms with Crippen molar-refractivity contribution in [3.05, 3.63) is 81.6 Å². The van der Waals surface area contributed by atoms with E-state index in [1.165, 1.54) is 5.56 Å². The smallest absolute Gasteiger partial charge is 0.256 e. The van der Waals surface area contributed by atoms with Gasteiger partial charge in [-0.2, -0.15) is 5.10 Å². The van der Waals surface area contributed by atoms with Crippen LogP contribution in [0, 0.1) is 13.8 Å². The highest BCUT2D eigenvalue weighted by molar-refractivity contribution is 6.33. The fourth-order valence-electron chi connectivity index (χ4n) is 4.03. The number of hydrogen-bond donors (Lipinski definition) is 1. The van der Waals surface area contributed by atoms with Gasteiger partial charge in [0.15, 0.2) is 0 Å². The molecule has 7 heteroatoms. The van der Waals surface area contributed by atoms with Crippen molar-refractivity contribution in [1.29, 1.82) is 0 Å². The van der Waals surface area contributed by atoms with Crippen molar-refractivity contribution >= 4 is 17.5 Å². The molecule has 1 atom stereocenters. The first kappa shape index (κ1) is 24.8. The molecular weight excluding hydrogens is 436 g/mol. The fraction of sp³-hybridized carbons (Fsp3) is 0.385. The molecule has 1 N–H and O–H groups in total. The van der Waals surface area contributed by atoms with E-state index in [-0.39, 0.29) is 11.9 Å². The van der Waals surface area contributed by atoms with Crippen LogP contribution in [0.5, 0.6) is 5.75 Å². The van der Waals surface area contributed by atoms with Crippen LogP contribution in [0.4, 0.5) is 0 Å². The molecule has 0 aliphatic heterocycles. The van der Waals surface area contributed by atoms with Gasteiger partial charge in [-0.25, -0.2) is 4.68 Å². The Balaban J connectivity index is 1.78. The Hall–Kier alpha value is -2.83. The van der Waals surface area contributed by atoms with Crippen LogP contribution in [-0.2, 0) is 6.54 Å². The number of carbonyl (C=O) groups is 1. The first-order valence-electron chi connectivity index (χ1n) is 11.3. The summed E-state index contributed by atoms with van der Waals surface area (Å²) < 4.78 is 7.08. The van der Waals surface area contributed by atoms with E-state index in [1.807, 2.05) is 44.2 Å². The quantitative estimate of drug-likeness (QED) is 0.453. The topological polar surface area (TPSA) is 59.4 Å². The average molecular weight is 469 g/mol. The van der Waals surface area contributed by atoms with Crippen molar-refractivity contribution in [2.24, 2.45) is 0 Å². The van der Waals surface area contributed by atoms with Crippen LogP contribution in [0.25, 0.3) is 0 Å². The molecule has 0 aliphatic carbocycles. The lowest BCUT2D eigenvalue weighted by molar-refractivity contribution is 0.0934. The molecule has 1 amide bonds. The molecule has 176 valence electrons. The summed E-state index contributed by atoms with van der Waals surface area (Å²) in [5.41, 5.74) is 4.41. The van der Waals surface area contributed by atoms with E-state index in [9.17, 15) is 4.79 Å². The molecule has 33 heavy (non-hydrogen) atoms. The Labute approximate surface area is 201 Å². The van der Waals surface area contributed by atoms with E-state index in [4.69, 9.17) is 16.3 Å². The largest absolute Gasteiger partial charge is 0.497 e. The number of likely N-dealkylation sites (N-methyl/N-ethyl adjacent to an activating group) is 1. The molecule has 3 rings (SSSR count). The van der Waals surface area contributed by atoms with Crippen molar-refractivity contribution in [3.8, 4) is 5.75 Å². The van der Waals surface area contributed by atoms with Crippen LogP contribution in [0.1, 0.15) is 52.6 Å². The number of ether oxygens (including phenoxy) is 1. The van der Waals surface area contributed by atoms with E-state index in [1.54, 1.807) is 11.8 Å². The Morgan fingerprint density at radius 3 is 2.48 bits per heavy atom. The van der Waals surface area contributed by atoms with Gasteiger partial charge in [0, 0.05) is 6.54 Å². The Morgan fingerprint density at radius 1 is 1.15 bits per heavy atom. The summed E-state index contributed by atoms with van der Waals surface area (Å²) in [5, 5.41) is 7.97. The van der Waals surface area contributed by atoms with Crippen LogP contribution in [0.3, 0.4) is 0 Å². The van der Waals surface area contributed by atoms with E-state index in [2.05, 4.69) is 47.4 Å². The molecule has 0 bridgehead atoms. The third-order valence-electron chi connectivity index (χ3n) is 5.93. The zero-order valence-electron chi connectivity index (χ0n) is 20.1. The van der Waals surface area contributed by atoms with Gasteiger partial charge in [-0.05, 0) is 50.2 Å². The maximum Gasteiger partial charge on any atom is 0.256 e. The molecule has 1 heterocycles. The molecule has 3 aromatic rings. The van der Waals surface area contributed by atoms with Gasteiger partial charge >= 0.3 is 0 Å². The van der Waals surface area contributed by atoms with Crippen LogP contribution < -0.4 is 10.1 Å². The maximum absolute atomic E-state index is 13.2. The second kappa shape index (κ2) is 11.3. The molecule has 0 spiro atoms. The summed E-state index contributed by atoms with van der Waals surface area (Å²) in [6, 6.07) is 16.2. The van der Waals surface area contributed by atoms with Crippen molar-refractivity contribution in [2.45, 2.75) is 40.3 Å². The Morgan fingerprint density at radius 2 is 1.85 bits per heavy atom. The minimum absolute atomic E-state index is 0.0146. The van der Waals surface area contributed by atoms with Crippen molar-refractivity contribution < 1.29 is 9.53 Å². The lowest BCUT2D eigenvalue weighted by Gasteiger charge is -2.30. The number of methoxy groups -OCH3 is 1. The normalized spacial score (nSPS) is 12.1. The van der Waals surface area contributed by atoms with Gasteiger partial charge in [-0.15, -0.1) is 0 Å². The molecule has 0 saturated heterocycles. The number of nitrogens with one attached hydrogen (secondary N) is 1. The Kier molecular flexibility index (Phi) is 8.53. The number of nitrogens with zero attached hydrogens (tertiary/aromatic N) is 3. The summed E-state index contributed by atoms with van der Waals surface area (Å²) >= 11 is 6.61. The van der Waals surface area contributed by atoms with Crippen molar-refractivity contribution in [2.75, 3.05) is 26.7 Å². The number of amides is 1. The second-order valence-corrected chi connectivity index (χ2v) is 8.48. The predicted molar refractivity (Wildman–Crippen MR) is 133 cm³/mol. The Bertz CT molecular complexity index is 1070. The van der Waals surface area contributed by atoms with Crippen LogP contribution in [0.15, 0.2) is 48.5 Å². The number of aromatic nitrogens is 2. The van der Waals surface area contributed by atoms with Gasteiger partial charge in [-0.3, -0.25) is 9.69 Å². The number of rotatable bonds is 10. The van der Waals surface area contributed by atoms with E-state index < -0.39 is 0 Å². The minimum atomic E-state index is -0.215. The standard InChI is InChI=1S/C26H33ClN4O2/c1-6-30(7-2)23(21-9-8-10-22(15-21)33-5)16-28-26(32)24-19(4)29-31(25(24)27)17-20-13-11-18(3)12-14-20/h8-15,23H,6-7,16-17H2,1-5H3,(H,28,32). The first-order chi connectivity index (χ1) is 15.9. The number of halogens is 1. The number of carbonyl (C=O) groups excluding carboxylic acids is 1. The van der Waals surface area contributed by atoms with E-state index in [0.717, 1.165) is 30.0 Å². The van der Waals surface area contributed by atoms with Gasteiger partial charge < -0.3 is 10.1 Å². The third-order valence-corrected chi connectivity index (χ3v) is 6.32.